The molecule has 288 valence electrons. The number of allylic oxidation sites excluding steroid dienone is 1. The Balaban J connectivity index is 1.01. The van der Waals surface area contributed by atoms with Crippen LogP contribution in [-0.2, 0) is 9.53 Å². The number of carbonyl (C=O) groups excluding carboxylic acids is 2. The number of anilines is 1. The standard InChI is InChI=1S/C47H65NO5/c1-8-28-52-42-22-12-33(29-43(42)51-7)13-23-44(49)48-36-17-14-34(15-18-36)45(50)53-37-24-26-46(5)35(30-37)16-19-38-40-21-20-39(32(4)11-9-10-31(2)3)47(40,6)27-25-41(38)46/h12-18,22-23,29,31-32,37-41H,8-11,19-21,24-28,30H2,1-7H3,(H,48,49)/b23-13+/t32-,37?,38+,39-,40+,41+,46+,47-/m1/s1. The van der Waals surface area contributed by atoms with Crippen LogP contribution in [-0.4, -0.2) is 31.7 Å². The second-order valence-corrected chi connectivity index (χ2v) is 17.7. The third-order valence-electron chi connectivity index (χ3n) is 14.0. The van der Waals surface area contributed by atoms with Gasteiger partial charge in [0, 0.05) is 18.2 Å². The number of ether oxygens (including phenoxy) is 3. The number of esters is 1. The summed E-state index contributed by atoms with van der Waals surface area (Å²) in [5, 5.41) is 2.88. The summed E-state index contributed by atoms with van der Waals surface area (Å²) in [6, 6.07) is 12.6. The maximum Gasteiger partial charge on any atom is 0.338 e. The van der Waals surface area contributed by atoms with Crippen LogP contribution in [0.3, 0.4) is 0 Å². The number of fused-ring (bicyclic) bond motifs is 5. The summed E-state index contributed by atoms with van der Waals surface area (Å²) >= 11 is 0. The minimum absolute atomic E-state index is 0.0924. The summed E-state index contributed by atoms with van der Waals surface area (Å²) in [6.45, 7) is 15.1. The highest BCUT2D eigenvalue weighted by atomic mass is 16.5. The highest BCUT2D eigenvalue weighted by molar-refractivity contribution is 6.02. The zero-order valence-corrected chi connectivity index (χ0v) is 33.5. The molecule has 2 aromatic rings. The van der Waals surface area contributed by atoms with Crippen molar-refractivity contribution < 1.29 is 23.8 Å². The van der Waals surface area contributed by atoms with E-state index < -0.39 is 0 Å². The molecule has 0 aliphatic heterocycles. The summed E-state index contributed by atoms with van der Waals surface area (Å²) in [4.78, 5) is 26.0. The lowest BCUT2D eigenvalue weighted by Crippen LogP contribution is -2.51. The van der Waals surface area contributed by atoms with Crippen LogP contribution in [0.2, 0.25) is 0 Å². The van der Waals surface area contributed by atoms with Crippen molar-refractivity contribution in [3.8, 4) is 11.5 Å². The second kappa shape index (κ2) is 16.9. The van der Waals surface area contributed by atoms with E-state index in [1.807, 2.05) is 18.2 Å². The van der Waals surface area contributed by atoms with Crippen LogP contribution in [0.4, 0.5) is 5.69 Å². The van der Waals surface area contributed by atoms with Gasteiger partial charge in [0.15, 0.2) is 11.5 Å². The van der Waals surface area contributed by atoms with E-state index in [0.717, 1.165) is 66.8 Å². The van der Waals surface area contributed by atoms with Crippen LogP contribution in [0.1, 0.15) is 135 Å². The van der Waals surface area contributed by atoms with Crippen LogP contribution in [0.5, 0.6) is 11.5 Å². The number of benzene rings is 2. The first-order valence-corrected chi connectivity index (χ1v) is 20.8. The first kappa shape index (κ1) is 39.2. The third kappa shape index (κ3) is 8.57. The lowest BCUT2D eigenvalue weighted by molar-refractivity contribution is -0.111. The normalized spacial score (nSPS) is 29.8. The van der Waals surface area contributed by atoms with Gasteiger partial charge in [0.05, 0.1) is 19.3 Å². The summed E-state index contributed by atoms with van der Waals surface area (Å²) in [5.41, 5.74) is 4.20. The van der Waals surface area contributed by atoms with Crippen molar-refractivity contribution in [3.05, 3.63) is 71.3 Å². The first-order valence-electron chi connectivity index (χ1n) is 20.8. The monoisotopic (exact) mass is 723 g/mol. The van der Waals surface area contributed by atoms with Gasteiger partial charge in [-0.15, -0.1) is 0 Å². The van der Waals surface area contributed by atoms with Crippen molar-refractivity contribution in [2.75, 3.05) is 19.0 Å². The average Bonchev–Trinajstić information content (AvgIpc) is 3.50. The molecule has 3 saturated carbocycles. The van der Waals surface area contributed by atoms with Crippen molar-refractivity contribution in [1.82, 2.24) is 0 Å². The molecule has 3 fully saturated rings. The van der Waals surface area contributed by atoms with Crippen molar-refractivity contribution in [2.24, 2.45) is 46.3 Å². The van der Waals surface area contributed by atoms with Crippen molar-refractivity contribution in [1.29, 1.82) is 0 Å². The van der Waals surface area contributed by atoms with Gasteiger partial charge in [-0.1, -0.05) is 78.5 Å². The number of rotatable bonds is 14. The minimum atomic E-state index is -0.293. The molecular weight excluding hydrogens is 659 g/mol. The maximum atomic E-state index is 13.3. The molecule has 0 bridgehead atoms. The van der Waals surface area contributed by atoms with Crippen molar-refractivity contribution in [3.63, 3.8) is 0 Å². The van der Waals surface area contributed by atoms with Gasteiger partial charge in [0.1, 0.15) is 6.10 Å². The Labute approximate surface area is 319 Å². The van der Waals surface area contributed by atoms with E-state index in [2.05, 4.69) is 52.9 Å². The van der Waals surface area contributed by atoms with E-state index in [4.69, 9.17) is 14.2 Å². The van der Waals surface area contributed by atoms with Gasteiger partial charge in [-0.05, 0) is 146 Å². The Morgan fingerprint density at radius 2 is 1.74 bits per heavy atom. The van der Waals surface area contributed by atoms with Gasteiger partial charge in [-0.25, -0.2) is 4.79 Å². The van der Waals surface area contributed by atoms with E-state index in [0.29, 0.717) is 34.8 Å². The summed E-state index contributed by atoms with van der Waals surface area (Å²) < 4.78 is 17.3. The molecular formula is C47H65NO5. The van der Waals surface area contributed by atoms with E-state index in [1.54, 1.807) is 37.5 Å². The number of hydrogen-bond donors (Lipinski definition) is 1. The summed E-state index contributed by atoms with van der Waals surface area (Å²) in [6.07, 6.45) is 20.4. The van der Waals surface area contributed by atoms with E-state index in [-0.39, 0.29) is 23.4 Å². The lowest BCUT2D eigenvalue weighted by atomic mass is 9.47. The number of hydrogen-bond acceptors (Lipinski definition) is 5. The predicted octanol–water partition coefficient (Wildman–Crippen LogP) is 11.7. The molecule has 8 atom stereocenters. The molecule has 2 aromatic carbocycles. The van der Waals surface area contributed by atoms with Gasteiger partial charge >= 0.3 is 5.97 Å². The average molecular weight is 724 g/mol. The summed E-state index contributed by atoms with van der Waals surface area (Å²) in [5.74, 6) is 5.66. The van der Waals surface area contributed by atoms with E-state index in [9.17, 15) is 9.59 Å². The molecule has 6 heteroatoms. The predicted molar refractivity (Wildman–Crippen MR) is 215 cm³/mol. The molecule has 0 saturated heterocycles. The van der Waals surface area contributed by atoms with E-state index >= 15 is 0 Å². The molecule has 6 rings (SSSR count). The molecule has 1 N–H and O–H groups in total. The molecule has 1 amide bonds. The van der Waals surface area contributed by atoms with Gasteiger partial charge in [0.25, 0.3) is 0 Å². The molecule has 53 heavy (non-hydrogen) atoms. The van der Waals surface area contributed by atoms with Gasteiger partial charge < -0.3 is 19.5 Å². The number of methoxy groups -OCH3 is 1. The highest BCUT2D eigenvalue weighted by Crippen LogP contribution is 2.67. The molecule has 0 aromatic heterocycles. The lowest BCUT2D eigenvalue weighted by Gasteiger charge is -2.58. The van der Waals surface area contributed by atoms with Crippen LogP contribution in [0, 0.1) is 46.3 Å². The Morgan fingerprint density at radius 3 is 2.47 bits per heavy atom. The molecule has 0 radical (unpaired) electrons. The van der Waals surface area contributed by atoms with Crippen LogP contribution in [0.25, 0.3) is 6.08 Å². The van der Waals surface area contributed by atoms with Crippen molar-refractivity contribution >= 4 is 23.6 Å². The quantitative estimate of drug-likeness (QED) is 0.119. The van der Waals surface area contributed by atoms with Crippen molar-refractivity contribution in [2.45, 2.75) is 125 Å². The fourth-order valence-electron chi connectivity index (χ4n) is 11.1. The summed E-state index contributed by atoms with van der Waals surface area (Å²) in [7, 11) is 1.60. The first-order chi connectivity index (χ1) is 25.4. The molecule has 1 unspecified atom stereocenters. The third-order valence-corrected chi connectivity index (χ3v) is 14.0. The molecule has 4 aliphatic rings. The fraction of sp³-hybridized carbons (Fsp3) is 0.617. The Kier molecular flexibility index (Phi) is 12.5. The number of nitrogens with one attached hydrogen (secondary N) is 1. The largest absolute Gasteiger partial charge is 0.493 e. The Bertz CT molecular complexity index is 1640. The van der Waals surface area contributed by atoms with Crippen LogP contribution in [0.15, 0.2) is 60.2 Å². The number of carbonyl (C=O) groups is 2. The van der Waals surface area contributed by atoms with Gasteiger partial charge in [0.2, 0.25) is 5.91 Å². The van der Waals surface area contributed by atoms with Crippen LogP contribution < -0.4 is 14.8 Å². The zero-order chi connectivity index (χ0) is 37.8. The zero-order valence-electron chi connectivity index (χ0n) is 33.5. The maximum absolute atomic E-state index is 13.3. The molecule has 6 nitrogen and oxygen atoms in total. The van der Waals surface area contributed by atoms with Crippen LogP contribution >= 0.6 is 0 Å². The molecule has 0 spiro atoms. The SMILES string of the molecule is CCCOc1ccc(/C=C/C(=O)Nc2ccc(C(=O)OC3CC[C@@]4(C)C(=CC[C@H]5[C@@H]6CC[C@H]([C@H](C)CCCC(C)C)[C@@]6(C)CC[C@@H]54)C3)cc2)cc1OC. The minimum Gasteiger partial charge on any atom is -0.493 e. The Morgan fingerprint density at radius 1 is 0.943 bits per heavy atom. The fourth-order valence-corrected chi connectivity index (χ4v) is 11.1. The smallest absolute Gasteiger partial charge is 0.338 e. The number of amides is 1. The van der Waals surface area contributed by atoms with E-state index in [1.165, 1.54) is 63.0 Å². The van der Waals surface area contributed by atoms with Gasteiger partial charge in [-0.3, -0.25) is 4.79 Å². The highest BCUT2D eigenvalue weighted by Gasteiger charge is 2.59. The second-order valence-electron chi connectivity index (χ2n) is 17.7. The molecule has 0 heterocycles. The Hall–Kier alpha value is -3.54. The van der Waals surface area contributed by atoms with Gasteiger partial charge in [-0.2, -0.15) is 0 Å². The topological polar surface area (TPSA) is 73.9 Å². The molecule has 4 aliphatic carbocycles.